The molecule has 3 nitrogen and oxygen atoms in total. The fourth-order valence-corrected chi connectivity index (χ4v) is 4.75. The molecule has 1 heterocycles. The highest BCUT2D eigenvalue weighted by Crippen LogP contribution is 2.37. The maximum atomic E-state index is 14.2. The van der Waals surface area contributed by atoms with Crippen LogP contribution in [-0.2, 0) is 4.74 Å². The van der Waals surface area contributed by atoms with Crippen molar-refractivity contribution < 1.29 is 23.0 Å². The lowest BCUT2D eigenvalue weighted by atomic mass is 9.77. The summed E-state index contributed by atoms with van der Waals surface area (Å²) in [7, 11) is 0. The molecule has 3 rings (SSSR count). The lowest BCUT2D eigenvalue weighted by Gasteiger charge is -2.37. The lowest BCUT2D eigenvalue weighted by Crippen LogP contribution is -2.34. The molecule has 2 atom stereocenters. The van der Waals surface area contributed by atoms with Gasteiger partial charge < -0.3 is 14.2 Å². The Morgan fingerprint density at radius 1 is 0.897 bits per heavy atom. The van der Waals surface area contributed by atoms with Crippen LogP contribution >= 0.6 is 0 Å². The van der Waals surface area contributed by atoms with Crippen LogP contribution in [0.3, 0.4) is 0 Å². The van der Waals surface area contributed by atoms with Crippen LogP contribution in [0.2, 0.25) is 0 Å². The Morgan fingerprint density at radius 2 is 1.55 bits per heavy atom. The molecule has 2 fully saturated rings. The molecule has 0 bridgehead atoms. The Labute approximate surface area is 174 Å². The van der Waals surface area contributed by atoms with Crippen LogP contribution < -0.4 is 9.47 Å². The van der Waals surface area contributed by atoms with Gasteiger partial charge in [0.05, 0.1) is 19.3 Å². The van der Waals surface area contributed by atoms with Crippen molar-refractivity contribution in [3.8, 4) is 11.5 Å². The number of hydrogen-bond donors (Lipinski definition) is 0. The van der Waals surface area contributed by atoms with Gasteiger partial charge in [-0.15, -0.1) is 0 Å². The van der Waals surface area contributed by atoms with Gasteiger partial charge in [0.1, 0.15) is 0 Å². The molecule has 2 unspecified atom stereocenters. The largest absolute Gasteiger partial charge is 0.491 e. The van der Waals surface area contributed by atoms with Crippen molar-refractivity contribution in [3.63, 3.8) is 0 Å². The monoisotopic (exact) mass is 410 g/mol. The van der Waals surface area contributed by atoms with Crippen molar-refractivity contribution in [2.75, 3.05) is 19.8 Å². The minimum absolute atomic E-state index is 0.0261. The second kappa shape index (κ2) is 11.1. The van der Waals surface area contributed by atoms with Crippen molar-refractivity contribution in [2.45, 2.75) is 77.7 Å². The van der Waals surface area contributed by atoms with Gasteiger partial charge in [0, 0.05) is 6.61 Å². The first kappa shape index (κ1) is 22.3. The zero-order chi connectivity index (χ0) is 20.6. The van der Waals surface area contributed by atoms with Gasteiger partial charge in [0.25, 0.3) is 0 Å². The molecule has 164 valence electrons. The zero-order valence-electron chi connectivity index (χ0n) is 17.9. The van der Waals surface area contributed by atoms with Crippen molar-refractivity contribution >= 4 is 0 Å². The van der Waals surface area contributed by atoms with E-state index in [-0.39, 0.29) is 11.5 Å². The fourth-order valence-electron chi connectivity index (χ4n) is 4.75. The predicted molar refractivity (Wildman–Crippen MR) is 110 cm³/mol. The molecule has 0 amide bonds. The number of ether oxygens (including phenoxy) is 3. The Bertz CT molecular complexity index is 621. The van der Waals surface area contributed by atoms with Gasteiger partial charge in [-0.2, -0.15) is 8.78 Å². The third-order valence-electron chi connectivity index (χ3n) is 6.57. The van der Waals surface area contributed by atoms with Gasteiger partial charge in [-0.1, -0.05) is 19.8 Å². The van der Waals surface area contributed by atoms with E-state index >= 15 is 0 Å². The second-order valence-corrected chi connectivity index (χ2v) is 8.67. The molecule has 2 aliphatic rings. The van der Waals surface area contributed by atoms with Crippen molar-refractivity contribution in [1.82, 2.24) is 0 Å². The summed E-state index contributed by atoms with van der Waals surface area (Å²) < 4.78 is 45.0. The molecule has 1 aliphatic heterocycles. The van der Waals surface area contributed by atoms with Crippen LogP contribution in [0.1, 0.15) is 71.6 Å². The van der Waals surface area contributed by atoms with Gasteiger partial charge >= 0.3 is 0 Å². The second-order valence-electron chi connectivity index (χ2n) is 8.67. The summed E-state index contributed by atoms with van der Waals surface area (Å²) in [6.45, 7) is 5.64. The summed E-state index contributed by atoms with van der Waals surface area (Å²) in [5.41, 5.74) is 0. The third-order valence-corrected chi connectivity index (χ3v) is 6.57. The van der Waals surface area contributed by atoms with E-state index in [4.69, 9.17) is 14.2 Å². The van der Waals surface area contributed by atoms with E-state index in [1.807, 2.05) is 0 Å². The summed E-state index contributed by atoms with van der Waals surface area (Å²) in [6.07, 6.45) is 11.2. The van der Waals surface area contributed by atoms with E-state index in [0.29, 0.717) is 31.2 Å². The molecule has 1 saturated carbocycles. The number of unbranched alkanes of at least 4 members (excludes halogenated alkanes) is 1. The topological polar surface area (TPSA) is 27.7 Å². The molecule has 5 heteroatoms. The van der Waals surface area contributed by atoms with Crippen LogP contribution in [0.5, 0.6) is 11.5 Å². The van der Waals surface area contributed by atoms with Gasteiger partial charge in [0.2, 0.25) is 11.6 Å². The maximum absolute atomic E-state index is 14.2. The lowest BCUT2D eigenvalue weighted by molar-refractivity contribution is -0.0607. The average Bonchev–Trinajstić information content (AvgIpc) is 2.76. The van der Waals surface area contributed by atoms with Gasteiger partial charge in [0.15, 0.2) is 11.5 Å². The number of hydrogen-bond acceptors (Lipinski definition) is 3. The molecule has 0 radical (unpaired) electrons. The van der Waals surface area contributed by atoms with E-state index in [2.05, 4.69) is 6.92 Å². The fraction of sp³-hybridized carbons (Fsp3) is 0.750. The van der Waals surface area contributed by atoms with Crippen LogP contribution in [0.4, 0.5) is 8.78 Å². The third kappa shape index (κ3) is 6.07. The molecular formula is C24H36F2O3. The smallest absolute Gasteiger partial charge is 0.204 e. The number of rotatable bonds is 9. The van der Waals surface area contributed by atoms with Crippen molar-refractivity contribution in [3.05, 3.63) is 23.8 Å². The molecule has 0 N–H and O–H groups in total. The molecule has 1 aliphatic carbocycles. The Kier molecular flexibility index (Phi) is 8.58. The molecule has 1 aromatic carbocycles. The van der Waals surface area contributed by atoms with E-state index in [1.165, 1.54) is 44.2 Å². The average molecular weight is 411 g/mol. The van der Waals surface area contributed by atoms with Gasteiger partial charge in [-0.25, -0.2) is 0 Å². The Balaban J connectivity index is 1.40. The first-order valence-electron chi connectivity index (χ1n) is 11.5. The Morgan fingerprint density at radius 3 is 2.14 bits per heavy atom. The van der Waals surface area contributed by atoms with E-state index in [9.17, 15) is 8.78 Å². The van der Waals surface area contributed by atoms with E-state index in [0.717, 1.165) is 38.2 Å². The standard InChI is InChI=1S/C24H36F2O3/c1-3-5-6-17-9-12-20(28-15-17)19-10-7-18(8-11-19)16-29-22-14-13-21(27-4-2)23(25)24(22)26/h13-14,17-20H,3-12,15-16H2,1-2H3. The molecule has 1 aromatic rings. The van der Waals surface area contributed by atoms with Gasteiger partial charge in [-0.3, -0.25) is 0 Å². The first-order valence-corrected chi connectivity index (χ1v) is 11.5. The highest BCUT2D eigenvalue weighted by molar-refractivity contribution is 5.35. The summed E-state index contributed by atoms with van der Waals surface area (Å²) in [5.74, 6) is -0.249. The normalized spacial score (nSPS) is 27.6. The molecule has 29 heavy (non-hydrogen) atoms. The van der Waals surface area contributed by atoms with Crippen LogP contribution in [0.15, 0.2) is 12.1 Å². The van der Waals surface area contributed by atoms with Crippen molar-refractivity contribution in [2.24, 2.45) is 17.8 Å². The Hall–Kier alpha value is -1.36. The quantitative estimate of drug-likeness (QED) is 0.463. The highest BCUT2D eigenvalue weighted by Gasteiger charge is 2.31. The summed E-state index contributed by atoms with van der Waals surface area (Å²) in [4.78, 5) is 0. The maximum Gasteiger partial charge on any atom is 0.204 e. The summed E-state index contributed by atoms with van der Waals surface area (Å²) in [6, 6.07) is 2.89. The van der Waals surface area contributed by atoms with E-state index < -0.39 is 11.6 Å². The minimum Gasteiger partial charge on any atom is -0.491 e. The molecule has 0 aromatic heterocycles. The van der Waals surface area contributed by atoms with Crippen LogP contribution in [-0.4, -0.2) is 25.9 Å². The molecule has 1 saturated heterocycles. The van der Waals surface area contributed by atoms with Crippen LogP contribution in [0.25, 0.3) is 0 Å². The first-order chi connectivity index (χ1) is 14.1. The number of halogens is 2. The SMILES string of the molecule is CCCCC1CCC(C2CCC(COc3ccc(OCC)c(F)c3F)CC2)OC1. The van der Waals surface area contributed by atoms with Crippen molar-refractivity contribution in [1.29, 1.82) is 0 Å². The summed E-state index contributed by atoms with van der Waals surface area (Å²) in [5, 5.41) is 0. The minimum atomic E-state index is -0.972. The van der Waals surface area contributed by atoms with Gasteiger partial charge in [-0.05, 0) is 81.8 Å². The van der Waals surface area contributed by atoms with Crippen LogP contribution in [0, 0.1) is 29.4 Å². The molecule has 0 spiro atoms. The molecular weight excluding hydrogens is 374 g/mol. The van der Waals surface area contributed by atoms with E-state index in [1.54, 1.807) is 6.92 Å². The predicted octanol–water partition coefficient (Wildman–Crippen LogP) is 6.53. The summed E-state index contributed by atoms with van der Waals surface area (Å²) >= 11 is 0. The zero-order valence-corrected chi connectivity index (χ0v) is 17.9. The highest BCUT2D eigenvalue weighted by atomic mass is 19.2. The number of benzene rings is 1.